The third-order valence-corrected chi connectivity index (χ3v) is 5.16. The Morgan fingerprint density at radius 3 is 2.62 bits per heavy atom. The molecule has 24 heavy (non-hydrogen) atoms. The van der Waals surface area contributed by atoms with Gasteiger partial charge in [0.1, 0.15) is 0 Å². The van der Waals surface area contributed by atoms with Crippen LogP contribution in [0.15, 0.2) is 22.8 Å². The molecular formula is C17H26ClN3O3. The fourth-order valence-corrected chi connectivity index (χ4v) is 3.76. The standard InChI is InChI=1S/C17H25N3O3.ClH/c18-11-12-3-1-4-14(12)16(21)19-13-6-8-20(9-7-13)17(22)15-5-2-10-23-15;/h2,5,10,12-14H,1,3-4,6-9,11,18H2,(H,19,21);1H/t12-,14-;/m1./s1. The molecule has 1 aliphatic heterocycles. The van der Waals surface area contributed by atoms with E-state index in [1.807, 2.05) is 0 Å². The van der Waals surface area contributed by atoms with Crippen LogP contribution in [0.3, 0.4) is 0 Å². The zero-order valence-electron chi connectivity index (χ0n) is 13.8. The summed E-state index contributed by atoms with van der Waals surface area (Å²) in [5.41, 5.74) is 5.76. The molecule has 2 amide bonds. The SMILES string of the molecule is Cl.NC[C@H]1CCC[C@H]1C(=O)NC1CCN(C(=O)c2ccco2)CC1. The Labute approximate surface area is 148 Å². The van der Waals surface area contributed by atoms with Gasteiger partial charge in [0, 0.05) is 25.0 Å². The minimum Gasteiger partial charge on any atom is -0.459 e. The van der Waals surface area contributed by atoms with Crippen LogP contribution < -0.4 is 11.1 Å². The summed E-state index contributed by atoms with van der Waals surface area (Å²) in [5.74, 6) is 0.857. The maximum Gasteiger partial charge on any atom is 0.289 e. The fraction of sp³-hybridized carbons (Fsp3) is 0.647. The topological polar surface area (TPSA) is 88.6 Å². The first kappa shape index (κ1) is 18.8. The Morgan fingerprint density at radius 1 is 1.25 bits per heavy atom. The summed E-state index contributed by atoms with van der Waals surface area (Å²) < 4.78 is 5.16. The fourth-order valence-electron chi connectivity index (χ4n) is 3.76. The quantitative estimate of drug-likeness (QED) is 0.861. The molecule has 2 aliphatic rings. The lowest BCUT2D eigenvalue weighted by atomic mass is 9.94. The van der Waals surface area contributed by atoms with Crippen molar-refractivity contribution in [3.63, 3.8) is 0 Å². The molecule has 2 heterocycles. The summed E-state index contributed by atoms with van der Waals surface area (Å²) in [6, 6.07) is 3.56. The number of piperidine rings is 1. The number of carbonyl (C=O) groups excluding carboxylic acids is 2. The second kappa shape index (κ2) is 8.53. The van der Waals surface area contributed by atoms with Gasteiger partial charge in [-0.05, 0) is 50.3 Å². The van der Waals surface area contributed by atoms with Gasteiger partial charge in [0.15, 0.2) is 5.76 Å². The van der Waals surface area contributed by atoms with E-state index in [4.69, 9.17) is 10.2 Å². The van der Waals surface area contributed by atoms with E-state index in [0.717, 1.165) is 32.1 Å². The Hall–Kier alpha value is -1.53. The molecular weight excluding hydrogens is 330 g/mol. The molecule has 6 nitrogen and oxygen atoms in total. The molecule has 1 saturated heterocycles. The molecule has 1 aromatic rings. The summed E-state index contributed by atoms with van der Waals surface area (Å²) in [6.45, 7) is 1.89. The van der Waals surface area contributed by atoms with Gasteiger partial charge in [0.2, 0.25) is 5.91 Å². The number of carbonyl (C=O) groups is 2. The molecule has 0 aromatic carbocycles. The lowest BCUT2D eigenvalue weighted by molar-refractivity contribution is -0.126. The average molecular weight is 356 g/mol. The predicted octanol–water partition coefficient (Wildman–Crippen LogP) is 1.80. The van der Waals surface area contributed by atoms with Crippen LogP contribution >= 0.6 is 12.4 Å². The average Bonchev–Trinajstić information content (AvgIpc) is 3.26. The number of nitrogens with two attached hydrogens (primary N) is 1. The second-order valence-electron chi connectivity index (χ2n) is 6.59. The van der Waals surface area contributed by atoms with Crippen molar-refractivity contribution in [2.45, 2.75) is 38.1 Å². The van der Waals surface area contributed by atoms with Gasteiger partial charge < -0.3 is 20.4 Å². The van der Waals surface area contributed by atoms with Crippen LogP contribution in [0, 0.1) is 11.8 Å². The zero-order chi connectivity index (χ0) is 16.2. The maximum absolute atomic E-state index is 12.4. The summed E-state index contributed by atoms with van der Waals surface area (Å²) in [4.78, 5) is 26.4. The predicted molar refractivity (Wildman–Crippen MR) is 92.9 cm³/mol. The smallest absolute Gasteiger partial charge is 0.289 e. The zero-order valence-corrected chi connectivity index (χ0v) is 14.6. The highest BCUT2D eigenvalue weighted by Crippen LogP contribution is 2.31. The van der Waals surface area contributed by atoms with Crippen LogP contribution in [-0.4, -0.2) is 42.4 Å². The highest BCUT2D eigenvalue weighted by molar-refractivity contribution is 5.91. The Bertz CT molecular complexity index is 541. The van der Waals surface area contributed by atoms with Gasteiger partial charge in [-0.3, -0.25) is 9.59 Å². The molecule has 3 N–H and O–H groups in total. The van der Waals surface area contributed by atoms with Gasteiger partial charge in [0.05, 0.1) is 6.26 Å². The number of nitrogens with zero attached hydrogens (tertiary/aromatic N) is 1. The number of hydrogen-bond donors (Lipinski definition) is 2. The van der Waals surface area contributed by atoms with Crippen LogP contribution in [0.5, 0.6) is 0 Å². The van der Waals surface area contributed by atoms with Gasteiger partial charge in [-0.15, -0.1) is 12.4 Å². The van der Waals surface area contributed by atoms with Crippen LogP contribution in [-0.2, 0) is 4.79 Å². The number of halogens is 1. The lowest BCUT2D eigenvalue weighted by Gasteiger charge is -2.32. The number of nitrogens with one attached hydrogen (secondary N) is 1. The molecule has 0 radical (unpaired) electrons. The normalized spacial score (nSPS) is 24.5. The van der Waals surface area contributed by atoms with Crippen molar-refractivity contribution in [3.8, 4) is 0 Å². The Balaban J connectivity index is 0.00000208. The molecule has 1 saturated carbocycles. The number of amides is 2. The molecule has 1 aromatic heterocycles. The van der Waals surface area contributed by atoms with Gasteiger partial charge in [-0.2, -0.15) is 0 Å². The molecule has 2 atom stereocenters. The molecule has 0 bridgehead atoms. The first-order valence-corrected chi connectivity index (χ1v) is 8.52. The lowest BCUT2D eigenvalue weighted by Crippen LogP contribution is -2.48. The Morgan fingerprint density at radius 2 is 2.00 bits per heavy atom. The van der Waals surface area contributed by atoms with E-state index < -0.39 is 0 Å². The summed E-state index contributed by atoms with van der Waals surface area (Å²) in [7, 11) is 0. The van der Waals surface area contributed by atoms with E-state index in [1.165, 1.54) is 6.26 Å². The van der Waals surface area contributed by atoms with Crippen LogP contribution in [0.2, 0.25) is 0 Å². The second-order valence-corrected chi connectivity index (χ2v) is 6.59. The number of likely N-dealkylation sites (tertiary alicyclic amines) is 1. The van der Waals surface area contributed by atoms with Crippen LogP contribution in [0.4, 0.5) is 0 Å². The monoisotopic (exact) mass is 355 g/mol. The van der Waals surface area contributed by atoms with E-state index in [9.17, 15) is 9.59 Å². The van der Waals surface area contributed by atoms with Gasteiger partial charge >= 0.3 is 0 Å². The Kier molecular flexibility index (Phi) is 6.69. The number of rotatable bonds is 4. The molecule has 7 heteroatoms. The molecule has 2 fully saturated rings. The van der Waals surface area contributed by atoms with Crippen LogP contribution in [0.1, 0.15) is 42.7 Å². The molecule has 1 aliphatic carbocycles. The third-order valence-electron chi connectivity index (χ3n) is 5.16. The molecule has 0 unspecified atom stereocenters. The maximum atomic E-state index is 12.4. The van der Waals surface area contributed by atoms with Crippen molar-refractivity contribution < 1.29 is 14.0 Å². The number of hydrogen-bond acceptors (Lipinski definition) is 4. The van der Waals surface area contributed by atoms with Gasteiger partial charge in [-0.25, -0.2) is 0 Å². The summed E-state index contributed by atoms with van der Waals surface area (Å²) in [5, 5.41) is 3.16. The van der Waals surface area contributed by atoms with Crippen molar-refractivity contribution in [2.24, 2.45) is 17.6 Å². The summed E-state index contributed by atoms with van der Waals surface area (Å²) in [6.07, 6.45) is 6.19. The van der Waals surface area contributed by atoms with Gasteiger partial charge in [0.25, 0.3) is 5.91 Å². The van der Waals surface area contributed by atoms with Crippen molar-refractivity contribution in [1.82, 2.24) is 10.2 Å². The van der Waals surface area contributed by atoms with Gasteiger partial charge in [-0.1, -0.05) is 6.42 Å². The van der Waals surface area contributed by atoms with E-state index in [0.29, 0.717) is 31.3 Å². The molecule has 134 valence electrons. The molecule has 0 spiro atoms. The first-order valence-electron chi connectivity index (χ1n) is 8.52. The van der Waals surface area contributed by atoms with E-state index in [1.54, 1.807) is 17.0 Å². The van der Waals surface area contributed by atoms with Crippen molar-refractivity contribution in [3.05, 3.63) is 24.2 Å². The van der Waals surface area contributed by atoms with E-state index in [-0.39, 0.29) is 36.2 Å². The van der Waals surface area contributed by atoms with Crippen LogP contribution in [0.25, 0.3) is 0 Å². The number of furan rings is 1. The minimum atomic E-state index is -0.0706. The van der Waals surface area contributed by atoms with Crippen molar-refractivity contribution >= 4 is 24.2 Å². The minimum absolute atomic E-state index is 0. The van der Waals surface area contributed by atoms with E-state index in [2.05, 4.69) is 5.32 Å². The first-order chi connectivity index (χ1) is 11.2. The largest absolute Gasteiger partial charge is 0.459 e. The van der Waals surface area contributed by atoms with Crippen molar-refractivity contribution in [2.75, 3.05) is 19.6 Å². The summed E-state index contributed by atoms with van der Waals surface area (Å²) >= 11 is 0. The highest BCUT2D eigenvalue weighted by Gasteiger charge is 2.33. The molecule has 3 rings (SSSR count). The van der Waals surface area contributed by atoms with Crippen molar-refractivity contribution in [1.29, 1.82) is 0 Å². The third kappa shape index (κ3) is 4.11. The van der Waals surface area contributed by atoms with E-state index >= 15 is 0 Å². The highest BCUT2D eigenvalue weighted by atomic mass is 35.5.